The van der Waals surface area contributed by atoms with Gasteiger partial charge in [0.05, 0.1) is 0 Å². The number of carbonyl (C=O) groups excluding carboxylic acids is 1. The van der Waals surface area contributed by atoms with Gasteiger partial charge in [0.25, 0.3) is 0 Å². The fourth-order valence-electron chi connectivity index (χ4n) is 2.40. The summed E-state index contributed by atoms with van der Waals surface area (Å²) in [5, 5.41) is 16.6. The van der Waals surface area contributed by atoms with Crippen molar-refractivity contribution in [1.29, 1.82) is 0 Å². The van der Waals surface area contributed by atoms with Gasteiger partial charge in [-0.3, -0.25) is 5.32 Å². The SMILES string of the molecule is CC(C)NC(=O)Nc1ccc(Nc2ccc(OCc3ccccc3)cc2)nn1. The van der Waals surface area contributed by atoms with Crippen LogP contribution in [0.25, 0.3) is 0 Å². The molecule has 144 valence electrons. The lowest BCUT2D eigenvalue weighted by Crippen LogP contribution is -2.34. The van der Waals surface area contributed by atoms with Crippen molar-refractivity contribution >= 4 is 23.4 Å². The first kappa shape index (κ1) is 19.2. The van der Waals surface area contributed by atoms with E-state index in [1.807, 2.05) is 68.4 Å². The molecule has 0 saturated carbocycles. The van der Waals surface area contributed by atoms with E-state index in [0.29, 0.717) is 18.2 Å². The van der Waals surface area contributed by atoms with Gasteiger partial charge in [0, 0.05) is 11.7 Å². The molecule has 2 aromatic carbocycles. The average Bonchev–Trinajstić information content (AvgIpc) is 2.69. The van der Waals surface area contributed by atoms with E-state index in [0.717, 1.165) is 17.0 Å². The molecule has 2 amide bonds. The van der Waals surface area contributed by atoms with E-state index in [1.165, 1.54) is 0 Å². The highest BCUT2D eigenvalue weighted by Gasteiger charge is 2.05. The van der Waals surface area contributed by atoms with Crippen LogP contribution in [0.2, 0.25) is 0 Å². The van der Waals surface area contributed by atoms with Gasteiger partial charge >= 0.3 is 6.03 Å². The Labute approximate surface area is 164 Å². The van der Waals surface area contributed by atoms with Gasteiger partial charge < -0.3 is 15.4 Å². The summed E-state index contributed by atoms with van der Waals surface area (Å²) in [4.78, 5) is 11.7. The molecule has 1 aromatic heterocycles. The molecule has 1 heterocycles. The zero-order valence-corrected chi connectivity index (χ0v) is 15.8. The zero-order valence-electron chi connectivity index (χ0n) is 15.8. The molecule has 0 fully saturated rings. The first-order valence-corrected chi connectivity index (χ1v) is 9.03. The Morgan fingerprint density at radius 2 is 1.61 bits per heavy atom. The number of rotatable bonds is 7. The van der Waals surface area contributed by atoms with Gasteiger partial charge in [-0.2, -0.15) is 0 Å². The summed E-state index contributed by atoms with van der Waals surface area (Å²) in [6.07, 6.45) is 0. The van der Waals surface area contributed by atoms with Gasteiger partial charge in [0.15, 0.2) is 11.6 Å². The lowest BCUT2D eigenvalue weighted by Gasteiger charge is -2.10. The van der Waals surface area contributed by atoms with Crippen LogP contribution in [0.4, 0.5) is 22.1 Å². The largest absolute Gasteiger partial charge is 0.489 e. The molecule has 0 unspecified atom stereocenters. The minimum absolute atomic E-state index is 0.0496. The molecule has 3 N–H and O–H groups in total. The minimum Gasteiger partial charge on any atom is -0.489 e. The number of urea groups is 1. The molecule has 0 aliphatic rings. The summed E-state index contributed by atoms with van der Waals surface area (Å²) >= 11 is 0. The van der Waals surface area contributed by atoms with Gasteiger partial charge in [-0.15, -0.1) is 10.2 Å². The Morgan fingerprint density at radius 3 is 2.25 bits per heavy atom. The third-order valence-corrected chi connectivity index (χ3v) is 3.70. The number of ether oxygens (including phenoxy) is 1. The molecule has 0 spiro atoms. The molecule has 0 saturated heterocycles. The van der Waals surface area contributed by atoms with Crippen LogP contribution in [-0.4, -0.2) is 22.3 Å². The summed E-state index contributed by atoms with van der Waals surface area (Å²) in [6.45, 7) is 4.30. The van der Waals surface area contributed by atoms with E-state index in [9.17, 15) is 4.79 Å². The predicted octanol–water partition coefficient (Wildman–Crippen LogP) is 4.33. The van der Waals surface area contributed by atoms with Crippen molar-refractivity contribution in [2.75, 3.05) is 10.6 Å². The Kier molecular flexibility index (Phi) is 6.41. The van der Waals surface area contributed by atoms with Crippen LogP contribution in [0.3, 0.4) is 0 Å². The molecular formula is C21H23N5O2. The second-order valence-electron chi connectivity index (χ2n) is 6.48. The number of hydrogen-bond donors (Lipinski definition) is 3. The maximum Gasteiger partial charge on any atom is 0.320 e. The molecule has 3 rings (SSSR count). The maximum atomic E-state index is 11.7. The molecule has 7 nitrogen and oxygen atoms in total. The highest BCUT2D eigenvalue weighted by atomic mass is 16.5. The molecule has 3 aromatic rings. The fraction of sp³-hybridized carbons (Fsp3) is 0.190. The van der Waals surface area contributed by atoms with Gasteiger partial charge in [0.2, 0.25) is 0 Å². The summed E-state index contributed by atoms with van der Waals surface area (Å²) in [6, 6.07) is 20.8. The molecule has 28 heavy (non-hydrogen) atoms. The smallest absolute Gasteiger partial charge is 0.320 e. The Balaban J connectivity index is 1.51. The van der Waals surface area contributed by atoms with Crippen LogP contribution in [0.5, 0.6) is 5.75 Å². The zero-order chi connectivity index (χ0) is 19.8. The highest BCUT2D eigenvalue weighted by molar-refractivity contribution is 5.88. The van der Waals surface area contributed by atoms with Crippen LogP contribution in [-0.2, 0) is 6.61 Å². The number of aromatic nitrogens is 2. The summed E-state index contributed by atoms with van der Waals surface area (Å²) in [5.41, 5.74) is 1.98. The molecular weight excluding hydrogens is 354 g/mol. The quantitative estimate of drug-likeness (QED) is 0.570. The van der Waals surface area contributed by atoms with E-state index in [4.69, 9.17) is 4.74 Å². The van der Waals surface area contributed by atoms with Gasteiger partial charge in [-0.25, -0.2) is 4.79 Å². The summed E-state index contributed by atoms with van der Waals surface area (Å²) in [5.74, 6) is 1.75. The number of nitrogens with one attached hydrogen (secondary N) is 3. The first-order chi connectivity index (χ1) is 13.6. The van der Waals surface area contributed by atoms with Gasteiger partial charge in [-0.1, -0.05) is 30.3 Å². The summed E-state index contributed by atoms with van der Waals surface area (Å²) in [7, 11) is 0. The number of benzene rings is 2. The lowest BCUT2D eigenvalue weighted by molar-refractivity contribution is 0.250. The van der Waals surface area contributed by atoms with Crippen molar-refractivity contribution in [3.63, 3.8) is 0 Å². The lowest BCUT2D eigenvalue weighted by atomic mass is 10.2. The van der Waals surface area contributed by atoms with Crippen molar-refractivity contribution < 1.29 is 9.53 Å². The molecule has 0 atom stereocenters. The third-order valence-electron chi connectivity index (χ3n) is 3.70. The van der Waals surface area contributed by atoms with Crippen LogP contribution >= 0.6 is 0 Å². The second-order valence-corrected chi connectivity index (χ2v) is 6.48. The van der Waals surface area contributed by atoms with Crippen LogP contribution in [0, 0.1) is 0 Å². The van der Waals surface area contributed by atoms with E-state index >= 15 is 0 Å². The van der Waals surface area contributed by atoms with Crippen LogP contribution in [0.15, 0.2) is 66.7 Å². The van der Waals surface area contributed by atoms with E-state index in [2.05, 4.69) is 26.1 Å². The van der Waals surface area contributed by atoms with Crippen molar-refractivity contribution in [3.05, 3.63) is 72.3 Å². The van der Waals surface area contributed by atoms with E-state index in [1.54, 1.807) is 12.1 Å². The van der Waals surface area contributed by atoms with Crippen LogP contribution in [0.1, 0.15) is 19.4 Å². The average molecular weight is 377 g/mol. The molecule has 0 aliphatic carbocycles. The monoisotopic (exact) mass is 377 g/mol. The summed E-state index contributed by atoms with van der Waals surface area (Å²) < 4.78 is 5.78. The second kappa shape index (κ2) is 9.36. The van der Waals surface area contributed by atoms with Gasteiger partial charge in [0.1, 0.15) is 12.4 Å². The number of anilines is 3. The number of amides is 2. The fourth-order valence-corrected chi connectivity index (χ4v) is 2.40. The maximum absolute atomic E-state index is 11.7. The van der Waals surface area contributed by atoms with Crippen molar-refractivity contribution in [3.8, 4) is 5.75 Å². The number of hydrogen-bond acceptors (Lipinski definition) is 5. The highest BCUT2D eigenvalue weighted by Crippen LogP contribution is 2.20. The number of carbonyl (C=O) groups is 1. The Bertz CT molecular complexity index is 881. The van der Waals surface area contributed by atoms with Crippen molar-refractivity contribution in [2.24, 2.45) is 0 Å². The predicted molar refractivity (Wildman–Crippen MR) is 110 cm³/mol. The molecule has 7 heteroatoms. The first-order valence-electron chi connectivity index (χ1n) is 9.03. The standard InChI is InChI=1S/C21H23N5O2/c1-15(2)22-21(27)24-20-13-12-19(25-26-20)23-17-8-10-18(11-9-17)28-14-16-6-4-3-5-7-16/h3-13,15H,14H2,1-2H3,(H,23,25)(H2,22,24,26,27). The van der Waals surface area contributed by atoms with Gasteiger partial charge in [-0.05, 0) is 55.8 Å². The molecule has 0 aliphatic heterocycles. The van der Waals surface area contributed by atoms with Crippen LogP contribution < -0.4 is 20.7 Å². The number of nitrogens with zero attached hydrogens (tertiary/aromatic N) is 2. The minimum atomic E-state index is -0.309. The van der Waals surface area contributed by atoms with Crippen molar-refractivity contribution in [1.82, 2.24) is 15.5 Å². The normalized spacial score (nSPS) is 10.4. The topological polar surface area (TPSA) is 88.2 Å². The molecule has 0 bridgehead atoms. The van der Waals surface area contributed by atoms with Crippen molar-refractivity contribution in [2.45, 2.75) is 26.5 Å². The third kappa shape index (κ3) is 5.98. The molecule has 0 radical (unpaired) electrons. The van der Waals surface area contributed by atoms with E-state index in [-0.39, 0.29) is 12.1 Å². The Morgan fingerprint density at radius 1 is 0.929 bits per heavy atom. The Hall–Kier alpha value is -3.61. The van der Waals surface area contributed by atoms with E-state index < -0.39 is 0 Å².